The SMILES string of the molecule is CC1CCCN(C(=O)Cn2nc3ccccn3c2=O)C1CO. The topological polar surface area (TPSA) is 79.8 Å². The molecule has 3 rings (SSSR count). The lowest BCUT2D eigenvalue weighted by Gasteiger charge is -2.39. The van der Waals surface area contributed by atoms with Crippen molar-refractivity contribution in [2.24, 2.45) is 5.92 Å². The van der Waals surface area contributed by atoms with Gasteiger partial charge in [-0.25, -0.2) is 9.48 Å². The van der Waals surface area contributed by atoms with E-state index in [0.29, 0.717) is 12.2 Å². The number of aliphatic hydroxyl groups excluding tert-OH is 1. The molecule has 7 heteroatoms. The van der Waals surface area contributed by atoms with Gasteiger partial charge in [0, 0.05) is 12.7 Å². The number of pyridine rings is 1. The van der Waals surface area contributed by atoms with E-state index in [9.17, 15) is 14.7 Å². The summed E-state index contributed by atoms with van der Waals surface area (Å²) in [5, 5.41) is 13.7. The average Bonchev–Trinajstić information content (AvgIpc) is 2.83. The number of nitrogens with zero attached hydrogens (tertiary/aromatic N) is 4. The van der Waals surface area contributed by atoms with E-state index < -0.39 is 0 Å². The van der Waals surface area contributed by atoms with Crippen molar-refractivity contribution in [2.75, 3.05) is 13.2 Å². The molecule has 22 heavy (non-hydrogen) atoms. The molecule has 0 saturated carbocycles. The van der Waals surface area contributed by atoms with Gasteiger partial charge in [-0.2, -0.15) is 0 Å². The number of fused-ring (bicyclic) bond motifs is 1. The lowest BCUT2D eigenvalue weighted by atomic mass is 9.91. The fourth-order valence-electron chi connectivity index (χ4n) is 3.13. The molecule has 2 aromatic heterocycles. The van der Waals surface area contributed by atoms with E-state index in [0.717, 1.165) is 12.8 Å². The van der Waals surface area contributed by atoms with Crippen molar-refractivity contribution in [3.8, 4) is 0 Å². The quantitative estimate of drug-likeness (QED) is 0.873. The number of piperidine rings is 1. The number of rotatable bonds is 3. The van der Waals surface area contributed by atoms with E-state index >= 15 is 0 Å². The summed E-state index contributed by atoms with van der Waals surface area (Å²) in [6, 6.07) is 5.09. The molecule has 2 unspecified atom stereocenters. The van der Waals surface area contributed by atoms with Gasteiger partial charge in [-0.15, -0.1) is 5.10 Å². The first kappa shape index (κ1) is 14.8. The van der Waals surface area contributed by atoms with Crippen LogP contribution >= 0.6 is 0 Å². The maximum Gasteiger partial charge on any atom is 0.350 e. The molecule has 0 aliphatic carbocycles. The van der Waals surface area contributed by atoms with E-state index in [1.165, 1.54) is 9.08 Å². The first-order chi connectivity index (χ1) is 10.6. The number of hydrogen-bond donors (Lipinski definition) is 1. The lowest BCUT2D eigenvalue weighted by Crippen LogP contribution is -2.51. The van der Waals surface area contributed by atoms with Gasteiger partial charge in [-0.05, 0) is 30.9 Å². The van der Waals surface area contributed by atoms with Crippen molar-refractivity contribution < 1.29 is 9.90 Å². The molecule has 1 amide bonds. The van der Waals surface area contributed by atoms with Crippen LogP contribution in [0.1, 0.15) is 19.8 Å². The zero-order chi connectivity index (χ0) is 15.7. The highest BCUT2D eigenvalue weighted by atomic mass is 16.3. The minimum absolute atomic E-state index is 0.0486. The third-order valence-electron chi connectivity index (χ3n) is 4.40. The van der Waals surface area contributed by atoms with Gasteiger partial charge >= 0.3 is 5.69 Å². The summed E-state index contributed by atoms with van der Waals surface area (Å²) < 4.78 is 2.60. The van der Waals surface area contributed by atoms with Crippen molar-refractivity contribution in [2.45, 2.75) is 32.4 Å². The summed E-state index contributed by atoms with van der Waals surface area (Å²) in [6.07, 6.45) is 3.55. The van der Waals surface area contributed by atoms with Gasteiger partial charge < -0.3 is 10.0 Å². The Balaban J connectivity index is 1.83. The maximum absolute atomic E-state index is 12.5. The summed E-state index contributed by atoms with van der Waals surface area (Å²) >= 11 is 0. The van der Waals surface area contributed by atoms with Crippen LogP contribution in [0.3, 0.4) is 0 Å². The summed E-state index contributed by atoms with van der Waals surface area (Å²) in [5.41, 5.74) is 0.195. The molecule has 2 atom stereocenters. The normalized spacial score (nSPS) is 22.2. The molecule has 0 spiro atoms. The summed E-state index contributed by atoms with van der Waals surface area (Å²) in [7, 11) is 0. The molecular weight excluding hydrogens is 284 g/mol. The predicted molar refractivity (Wildman–Crippen MR) is 80.4 cm³/mol. The van der Waals surface area contributed by atoms with Crippen LogP contribution in [0.25, 0.3) is 5.65 Å². The van der Waals surface area contributed by atoms with Crippen molar-refractivity contribution in [1.82, 2.24) is 19.1 Å². The number of aromatic nitrogens is 3. The van der Waals surface area contributed by atoms with Crippen molar-refractivity contribution in [3.05, 3.63) is 34.9 Å². The lowest BCUT2D eigenvalue weighted by molar-refractivity contribution is -0.138. The monoisotopic (exact) mass is 304 g/mol. The van der Waals surface area contributed by atoms with Gasteiger partial charge in [0.1, 0.15) is 6.54 Å². The van der Waals surface area contributed by atoms with Gasteiger partial charge in [0.05, 0.1) is 12.6 Å². The van der Waals surface area contributed by atoms with Crippen LogP contribution in [0.15, 0.2) is 29.2 Å². The van der Waals surface area contributed by atoms with E-state index in [2.05, 4.69) is 5.10 Å². The molecule has 118 valence electrons. The molecule has 3 heterocycles. The van der Waals surface area contributed by atoms with Crippen LogP contribution in [-0.2, 0) is 11.3 Å². The van der Waals surface area contributed by atoms with Crippen LogP contribution < -0.4 is 5.69 Å². The number of amides is 1. The van der Waals surface area contributed by atoms with Crippen LogP contribution in [0, 0.1) is 5.92 Å². The predicted octanol–water partition coefficient (Wildman–Crippen LogP) is 0.115. The third-order valence-corrected chi connectivity index (χ3v) is 4.40. The molecule has 1 aliphatic rings. The van der Waals surface area contributed by atoms with Gasteiger partial charge in [0.2, 0.25) is 5.91 Å². The zero-order valence-corrected chi connectivity index (χ0v) is 12.6. The van der Waals surface area contributed by atoms with Crippen molar-refractivity contribution in [3.63, 3.8) is 0 Å². The second-order valence-corrected chi connectivity index (χ2v) is 5.83. The standard InChI is InChI=1S/C15H20N4O3/c1-11-5-4-8-17(12(11)10-20)14(21)9-19-15(22)18-7-3-2-6-13(18)16-19/h2-3,6-7,11-12,20H,4-5,8-10H2,1H3. The molecule has 0 bridgehead atoms. The molecule has 1 saturated heterocycles. The molecule has 0 radical (unpaired) electrons. The number of hydrogen-bond acceptors (Lipinski definition) is 4. The number of aliphatic hydroxyl groups is 1. The second-order valence-electron chi connectivity index (χ2n) is 5.83. The molecule has 1 fully saturated rings. The molecule has 1 aliphatic heterocycles. The van der Waals surface area contributed by atoms with Crippen LogP contribution in [-0.4, -0.2) is 49.3 Å². The summed E-state index contributed by atoms with van der Waals surface area (Å²) in [6.45, 7) is 2.52. The molecule has 0 aromatic carbocycles. The largest absolute Gasteiger partial charge is 0.394 e. The average molecular weight is 304 g/mol. The highest BCUT2D eigenvalue weighted by Gasteiger charge is 2.31. The van der Waals surface area contributed by atoms with Gasteiger partial charge in [-0.1, -0.05) is 13.0 Å². The number of likely N-dealkylation sites (tertiary alicyclic amines) is 1. The first-order valence-corrected chi connectivity index (χ1v) is 7.56. The van der Waals surface area contributed by atoms with Crippen molar-refractivity contribution >= 4 is 11.6 Å². The number of carbonyl (C=O) groups is 1. The summed E-state index contributed by atoms with van der Waals surface area (Å²) in [5.74, 6) is 0.0941. The highest BCUT2D eigenvalue weighted by molar-refractivity contribution is 5.76. The van der Waals surface area contributed by atoms with E-state index in [4.69, 9.17) is 0 Å². The van der Waals surface area contributed by atoms with E-state index in [1.807, 2.05) is 6.92 Å². The zero-order valence-electron chi connectivity index (χ0n) is 12.6. The van der Waals surface area contributed by atoms with Gasteiger partial charge in [-0.3, -0.25) is 9.20 Å². The first-order valence-electron chi connectivity index (χ1n) is 7.56. The Morgan fingerprint density at radius 3 is 3.00 bits per heavy atom. The van der Waals surface area contributed by atoms with Gasteiger partial charge in [0.15, 0.2) is 5.65 Å². The second kappa shape index (κ2) is 5.92. The Bertz CT molecular complexity index is 736. The van der Waals surface area contributed by atoms with Crippen molar-refractivity contribution in [1.29, 1.82) is 0 Å². The van der Waals surface area contributed by atoms with Crippen LogP contribution in [0.4, 0.5) is 0 Å². The molecular formula is C15H20N4O3. The Hall–Kier alpha value is -2.15. The Morgan fingerprint density at radius 1 is 1.45 bits per heavy atom. The Kier molecular flexibility index (Phi) is 3.98. The Labute approximate surface area is 127 Å². The number of carbonyl (C=O) groups excluding carboxylic acids is 1. The highest BCUT2D eigenvalue weighted by Crippen LogP contribution is 2.23. The Morgan fingerprint density at radius 2 is 2.27 bits per heavy atom. The minimum Gasteiger partial charge on any atom is -0.394 e. The van der Waals surface area contributed by atoms with Crippen LogP contribution in [0.2, 0.25) is 0 Å². The third kappa shape index (κ3) is 2.52. The fourth-order valence-corrected chi connectivity index (χ4v) is 3.13. The maximum atomic E-state index is 12.5. The minimum atomic E-state index is -0.324. The molecule has 7 nitrogen and oxygen atoms in total. The van der Waals surface area contributed by atoms with Gasteiger partial charge in [0.25, 0.3) is 0 Å². The van der Waals surface area contributed by atoms with E-state index in [1.54, 1.807) is 29.3 Å². The fraction of sp³-hybridized carbons (Fsp3) is 0.533. The molecule has 1 N–H and O–H groups in total. The van der Waals surface area contributed by atoms with Crippen LogP contribution in [0.5, 0.6) is 0 Å². The smallest absolute Gasteiger partial charge is 0.350 e. The summed E-state index contributed by atoms with van der Waals surface area (Å²) in [4.78, 5) is 26.4. The van der Waals surface area contributed by atoms with E-state index in [-0.39, 0.29) is 36.7 Å². The molecule has 2 aromatic rings.